The van der Waals surface area contributed by atoms with Crippen LogP contribution in [0.3, 0.4) is 0 Å². The van der Waals surface area contributed by atoms with Crippen molar-refractivity contribution < 1.29 is 9.90 Å². The molecule has 0 fully saturated rings. The monoisotopic (exact) mass is 277 g/mol. The third kappa shape index (κ3) is 1.76. The summed E-state index contributed by atoms with van der Waals surface area (Å²) in [7, 11) is 2.01. The highest BCUT2D eigenvalue weighted by Gasteiger charge is 2.28. The topological polar surface area (TPSA) is 42.2 Å². The number of aromatic nitrogens is 1. The molecule has 0 saturated heterocycles. The molecule has 1 aliphatic rings. The average Bonchev–Trinajstić information content (AvgIpc) is 2.67. The van der Waals surface area contributed by atoms with Crippen LogP contribution in [0.1, 0.15) is 23.2 Å². The second-order valence-electron chi connectivity index (χ2n) is 5.33. The van der Waals surface area contributed by atoms with E-state index in [0.717, 1.165) is 34.6 Å². The van der Waals surface area contributed by atoms with Gasteiger partial charge < -0.3 is 9.67 Å². The Balaban J connectivity index is 2.24. The van der Waals surface area contributed by atoms with Gasteiger partial charge >= 0.3 is 5.97 Å². The van der Waals surface area contributed by atoms with E-state index in [2.05, 4.69) is 10.6 Å². The van der Waals surface area contributed by atoms with Gasteiger partial charge in [-0.15, -0.1) is 0 Å². The lowest BCUT2D eigenvalue weighted by Crippen LogP contribution is -2.23. The van der Waals surface area contributed by atoms with E-state index in [1.165, 1.54) is 10.9 Å². The fraction of sp³-hybridized carbons (Fsp3) is 0.400. The fourth-order valence-corrected chi connectivity index (χ4v) is 3.40. The van der Waals surface area contributed by atoms with E-state index < -0.39 is 5.97 Å². The number of aryl methyl sites for hydroxylation is 3. The minimum absolute atomic E-state index is 0.258. The Morgan fingerprint density at radius 2 is 2.21 bits per heavy atom. The quantitative estimate of drug-likeness (QED) is 0.869. The molecular weight excluding hydrogens is 262 g/mol. The molecule has 1 aromatic heterocycles. The van der Waals surface area contributed by atoms with Crippen molar-refractivity contribution in [1.29, 1.82) is 0 Å². The highest BCUT2D eigenvalue weighted by Crippen LogP contribution is 2.36. The van der Waals surface area contributed by atoms with Crippen molar-refractivity contribution in [3.05, 3.63) is 34.0 Å². The molecule has 0 saturated carbocycles. The number of fused-ring (bicyclic) bond motifs is 3. The molecule has 1 N–H and O–H groups in total. The van der Waals surface area contributed by atoms with Gasteiger partial charge in [-0.3, -0.25) is 4.79 Å². The Kier molecular flexibility index (Phi) is 2.82. The van der Waals surface area contributed by atoms with Crippen LogP contribution in [0.15, 0.2) is 12.1 Å². The van der Waals surface area contributed by atoms with Gasteiger partial charge in [-0.2, -0.15) is 0 Å². The summed E-state index contributed by atoms with van der Waals surface area (Å²) in [5.74, 6) is -0.947. The van der Waals surface area contributed by atoms with Crippen LogP contribution in [0.2, 0.25) is 5.02 Å². The molecule has 4 heteroatoms. The van der Waals surface area contributed by atoms with E-state index in [1.54, 1.807) is 0 Å². The van der Waals surface area contributed by atoms with Crippen LogP contribution in [0.5, 0.6) is 0 Å². The van der Waals surface area contributed by atoms with Gasteiger partial charge in [0.2, 0.25) is 0 Å². The van der Waals surface area contributed by atoms with Crippen molar-refractivity contribution in [1.82, 2.24) is 4.57 Å². The second kappa shape index (κ2) is 4.27. The Bertz CT molecular complexity index is 687. The number of hydrogen-bond donors (Lipinski definition) is 1. The normalized spacial score (nSPS) is 18.6. The minimum Gasteiger partial charge on any atom is -0.481 e. The predicted octanol–water partition coefficient (Wildman–Crippen LogP) is 3.33. The zero-order valence-electron chi connectivity index (χ0n) is 11.0. The molecule has 0 bridgehead atoms. The van der Waals surface area contributed by atoms with Crippen LogP contribution in [0.4, 0.5) is 0 Å². The first kappa shape index (κ1) is 12.5. The number of nitrogens with zero attached hydrogens (tertiary/aromatic N) is 1. The van der Waals surface area contributed by atoms with Gasteiger partial charge in [0.05, 0.1) is 11.4 Å². The number of carbonyl (C=O) groups is 1. The van der Waals surface area contributed by atoms with E-state index in [1.807, 2.05) is 20.0 Å². The number of benzene rings is 1. The molecule has 3 nitrogen and oxygen atoms in total. The Labute approximate surface area is 116 Å². The molecule has 1 aliphatic carbocycles. The van der Waals surface area contributed by atoms with Crippen molar-refractivity contribution in [3.8, 4) is 0 Å². The maximum Gasteiger partial charge on any atom is 0.306 e. The van der Waals surface area contributed by atoms with E-state index in [9.17, 15) is 9.90 Å². The first-order valence-electron chi connectivity index (χ1n) is 6.48. The highest BCUT2D eigenvalue weighted by molar-refractivity contribution is 6.32. The SMILES string of the molecule is Cc1c(Cl)ccc2c3c(n(C)c12)CC(C(=O)O)CC3. The van der Waals surface area contributed by atoms with Crippen LogP contribution < -0.4 is 0 Å². The van der Waals surface area contributed by atoms with E-state index in [0.29, 0.717) is 6.42 Å². The zero-order chi connectivity index (χ0) is 13.7. The van der Waals surface area contributed by atoms with Gasteiger partial charge in [-0.25, -0.2) is 0 Å². The van der Waals surface area contributed by atoms with Gasteiger partial charge in [-0.05, 0) is 37.0 Å². The van der Waals surface area contributed by atoms with Crippen molar-refractivity contribution >= 4 is 28.5 Å². The van der Waals surface area contributed by atoms with Gasteiger partial charge in [-0.1, -0.05) is 17.7 Å². The van der Waals surface area contributed by atoms with Gasteiger partial charge in [0.15, 0.2) is 0 Å². The van der Waals surface area contributed by atoms with Crippen LogP contribution in [0.25, 0.3) is 10.9 Å². The van der Waals surface area contributed by atoms with Gasteiger partial charge in [0, 0.05) is 29.6 Å². The first-order chi connectivity index (χ1) is 9.00. The number of hydrogen-bond acceptors (Lipinski definition) is 1. The van der Waals surface area contributed by atoms with E-state index in [4.69, 9.17) is 11.6 Å². The number of carboxylic acids is 1. The van der Waals surface area contributed by atoms with Crippen molar-refractivity contribution in [2.24, 2.45) is 13.0 Å². The lowest BCUT2D eigenvalue weighted by atomic mass is 9.87. The summed E-state index contributed by atoms with van der Waals surface area (Å²) < 4.78 is 2.13. The Morgan fingerprint density at radius 3 is 2.89 bits per heavy atom. The van der Waals surface area contributed by atoms with Gasteiger partial charge in [0.1, 0.15) is 0 Å². The standard InChI is InChI=1S/C15H16ClNO2/c1-8-12(16)6-5-11-10-4-3-9(15(18)19)7-13(10)17(2)14(8)11/h5-6,9H,3-4,7H2,1-2H3,(H,18,19). The predicted molar refractivity (Wildman–Crippen MR) is 75.8 cm³/mol. The molecule has 0 amide bonds. The summed E-state index contributed by atoms with van der Waals surface area (Å²) in [6, 6.07) is 3.99. The van der Waals surface area contributed by atoms with Crippen molar-refractivity contribution in [2.45, 2.75) is 26.2 Å². The van der Waals surface area contributed by atoms with E-state index in [-0.39, 0.29) is 5.92 Å². The molecule has 1 aromatic carbocycles. The summed E-state index contributed by atoms with van der Waals surface area (Å²) in [6.45, 7) is 2.02. The Hall–Kier alpha value is -1.48. The maximum atomic E-state index is 11.2. The smallest absolute Gasteiger partial charge is 0.306 e. The van der Waals surface area contributed by atoms with Crippen molar-refractivity contribution in [2.75, 3.05) is 0 Å². The third-order valence-electron chi connectivity index (χ3n) is 4.31. The maximum absolute atomic E-state index is 11.2. The summed E-state index contributed by atoms with van der Waals surface area (Å²) in [5, 5.41) is 11.2. The molecule has 19 heavy (non-hydrogen) atoms. The van der Waals surface area contributed by atoms with Crippen LogP contribution >= 0.6 is 11.6 Å². The van der Waals surface area contributed by atoms with Gasteiger partial charge in [0.25, 0.3) is 0 Å². The second-order valence-corrected chi connectivity index (χ2v) is 5.74. The lowest BCUT2D eigenvalue weighted by Gasteiger charge is -2.20. The number of rotatable bonds is 1. The number of aliphatic carboxylic acids is 1. The molecule has 0 aliphatic heterocycles. The minimum atomic E-state index is -0.689. The molecule has 2 aromatic rings. The fourth-order valence-electron chi connectivity index (χ4n) is 3.25. The third-order valence-corrected chi connectivity index (χ3v) is 4.72. The van der Waals surface area contributed by atoms with Crippen LogP contribution in [-0.2, 0) is 24.7 Å². The molecule has 3 rings (SSSR count). The molecular formula is C15H16ClNO2. The molecule has 1 atom stereocenters. The van der Waals surface area contributed by atoms with E-state index >= 15 is 0 Å². The molecule has 0 radical (unpaired) electrons. The van der Waals surface area contributed by atoms with Crippen LogP contribution in [-0.4, -0.2) is 15.6 Å². The molecule has 0 spiro atoms. The summed E-state index contributed by atoms with van der Waals surface area (Å²) in [6.07, 6.45) is 2.18. The van der Waals surface area contributed by atoms with Crippen LogP contribution in [0, 0.1) is 12.8 Å². The Morgan fingerprint density at radius 1 is 1.47 bits per heavy atom. The molecule has 1 heterocycles. The number of halogens is 1. The first-order valence-corrected chi connectivity index (χ1v) is 6.86. The highest BCUT2D eigenvalue weighted by atomic mass is 35.5. The summed E-state index contributed by atoms with van der Waals surface area (Å²) in [4.78, 5) is 11.2. The molecule has 1 unspecified atom stereocenters. The summed E-state index contributed by atoms with van der Waals surface area (Å²) in [5.41, 5.74) is 4.67. The van der Waals surface area contributed by atoms with Crippen molar-refractivity contribution in [3.63, 3.8) is 0 Å². The lowest BCUT2D eigenvalue weighted by molar-refractivity contribution is -0.142. The average molecular weight is 278 g/mol. The molecule has 100 valence electrons. The number of carboxylic acid groups (broad SMARTS) is 1. The largest absolute Gasteiger partial charge is 0.481 e. The zero-order valence-corrected chi connectivity index (χ0v) is 11.8. The summed E-state index contributed by atoms with van der Waals surface area (Å²) >= 11 is 6.19.